The van der Waals surface area contributed by atoms with Gasteiger partial charge in [0.2, 0.25) is 0 Å². The minimum absolute atomic E-state index is 0.0705. The molecule has 0 bridgehead atoms. The normalized spacial score (nSPS) is 21.8. The van der Waals surface area contributed by atoms with E-state index in [1.807, 2.05) is 12.1 Å². The zero-order valence-corrected chi connectivity index (χ0v) is 14.9. The number of fused-ring (bicyclic) bond motifs is 1. The quantitative estimate of drug-likeness (QED) is 0.673. The fourth-order valence-corrected chi connectivity index (χ4v) is 4.60. The highest BCUT2D eigenvalue weighted by Gasteiger charge is 2.58. The molecule has 1 aliphatic carbocycles. The molecule has 4 rings (SSSR count). The molecular weight excluding hydrogens is 312 g/mol. The molecule has 1 heterocycles. The minimum Gasteiger partial charge on any atom is -0.324 e. The largest absolute Gasteiger partial charge is 0.324 e. The second kappa shape index (κ2) is 5.61. The van der Waals surface area contributed by atoms with Crippen molar-refractivity contribution < 1.29 is 0 Å². The van der Waals surface area contributed by atoms with Crippen molar-refractivity contribution in [3.05, 3.63) is 60.7 Å². The minimum atomic E-state index is -0.0705. The van der Waals surface area contributed by atoms with E-state index in [1.54, 1.807) is 11.8 Å². The van der Waals surface area contributed by atoms with Gasteiger partial charge in [-0.05, 0) is 29.5 Å². The summed E-state index contributed by atoms with van der Waals surface area (Å²) in [4.78, 5) is 4.94. The van der Waals surface area contributed by atoms with Gasteiger partial charge in [-0.25, -0.2) is 4.98 Å². The van der Waals surface area contributed by atoms with E-state index in [0.29, 0.717) is 0 Å². The first-order valence-electron chi connectivity index (χ1n) is 8.35. The maximum atomic E-state index is 6.52. The van der Waals surface area contributed by atoms with E-state index in [-0.39, 0.29) is 11.0 Å². The highest BCUT2D eigenvalue weighted by Crippen LogP contribution is 2.55. The summed E-state index contributed by atoms with van der Waals surface area (Å²) in [5.74, 6) is 0.908. The first-order valence-corrected chi connectivity index (χ1v) is 9.34. The van der Waals surface area contributed by atoms with Crippen LogP contribution in [0.15, 0.2) is 65.7 Å². The van der Waals surface area contributed by atoms with Gasteiger partial charge in [0.25, 0.3) is 0 Å². The maximum absolute atomic E-state index is 6.52. The summed E-state index contributed by atoms with van der Waals surface area (Å²) < 4.78 is 0. The van der Waals surface area contributed by atoms with E-state index < -0.39 is 0 Å². The molecule has 1 aliphatic rings. The predicted molar refractivity (Wildman–Crippen MR) is 103 cm³/mol. The van der Waals surface area contributed by atoms with Crippen molar-refractivity contribution in [2.45, 2.75) is 30.8 Å². The Kier molecular flexibility index (Phi) is 3.66. The van der Waals surface area contributed by atoms with E-state index in [1.165, 1.54) is 16.5 Å². The summed E-state index contributed by atoms with van der Waals surface area (Å²) in [5.41, 5.74) is 10.1. The van der Waals surface area contributed by atoms with Crippen LogP contribution in [0.3, 0.4) is 0 Å². The van der Waals surface area contributed by atoms with E-state index in [9.17, 15) is 0 Å². The van der Waals surface area contributed by atoms with Crippen molar-refractivity contribution in [3.63, 3.8) is 0 Å². The van der Waals surface area contributed by atoms with Gasteiger partial charge in [0.15, 0.2) is 0 Å². The Balaban J connectivity index is 1.75. The number of nitrogens with two attached hydrogens (primary N) is 1. The van der Waals surface area contributed by atoms with Crippen molar-refractivity contribution in [3.8, 4) is 11.1 Å². The van der Waals surface area contributed by atoms with Gasteiger partial charge in [0.05, 0.1) is 5.52 Å². The average molecular weight is 334 g/mol. The molecule has 0 spiro atoms. The summed E-state index contributed by atoms with van der Waals surface area (Å²) in [6, 6.07) is 21.1. The van der Waals surface area contributed by atoms with Gasteiger partial charge in [-0.15, -0.1) is 11.8 Å². The Bertz CT molecular complexity index is 889. The van der Waals surface area contributed by atoms with Gasteiger partial charge in [-0.3, -0.25) is 0 Å². The molecule has 1 saturated carbocycles. The van der Waals surface area contributed by atoms with Crippen molar-refractivity contribution in [1.82, 2.24) is 4.98 Å². The molecule has 24 heavy (non-hydrogen) atoms. The number of thioether (sulfide) groups is 1. The molecule has 0 radical (unpaired) electrons. The van der Waals surface area contributed by atoms with Crippen LogP contribution >= 0.6 is 11.8 Å². The number of nitrogens with zero attached hydrogens (tertiary/aromatic N) is 1. The van der Waals surface area contributed by atoms with E-state index in [4.69, 9.17) is 10.7 Å². The number of aromatic nitrogens is 1. The van der Waals surface area contributed by atoms with Gasteiger partial charge in [-0.2, -0.15) is 0 Å². The van der Waals surface area contributed by atoms with Crippen LogP contribution in [-0.4, -0.2) is 16.3 Å². The molecule has 3 heteroatoms. The van der Waals surface area contributed by atoms with E-state index in [0.717, 1.165) is 22.7 Å². The molecule has 2 nitrogen and oxygen atoms in total. The molecule has 1 aromatic heterocycles. The van der Waals surface area contributed by atoms with Crippen LogP contribution in [0.5, 0.6) is 0 Å². The highest BCUT2D eigenvalue weighted by molar-refractivity contribution is 7.99. The topological polar surface area (TPSA) is 38.9 Å². The molecule has 2 N–H and O–H groups in total. The van der Waals surface area contributed by atoms with Crippen LogP contribution in [0.1, 0.15) is 20.3 Å². The smallest absolute Gasteiger partial charge is 0.105 e. The lowest BCUT2D eigenvalue weighted by atomic mass is 10.1. The molecule has 122 valence electrons. The van der Waals surface area contributed by atoms with Gasteiger partial charge >= 0.3 is 0 Å². The molecule has 2 aromatic carbocycles. The standard InChI is InChI=1S/C21H22N2S/c1-20(2)13-21(20,22)14-24-19-17(15-8-4-3-5-9-15)12-16-10-6-7-11-18(16)23-19/h3-12H,13-14,22H2,1-2H3. The molecule has 1 unspecified atom stereocenters. The van der Waals surface area contributed by atoms with Crippen molar-refractivity contribution in [2.75, 3.05) is 5.75 Å². The molecule has 1 atom stereocenters. The number of hydrogen-bond acceptors (Lipinski definition) is 3. The lowest BCUT2D eigenvalue weighted by Crippen LogP contribution is -2.31. The van der Waals surface area contributed by atoms with Crippen LogP contribution in [-0.2, 0) is 0 Å². The summed E-state index contributed by atoms with van der Waals surface area (Å²) in [6.07, 6.45) is 1.08. The Morgan fingerprint density at radius 2 is 1.71 bits per heavy atom. The van der Waals surface area contributed by atoms with Crippen LogP contribution in [0.2, 0.25) is 0 Å². The second-order valence-corrected chi connectivity index (χ2v) is 8.37. The van der Waals surface area contributed by atoms with E-state index in [2.05, 4.69) is 62.4 Å². The maximum Gasteiger partial charge on any atom is 0.105 e. The first kappa shape index (κ1) is 15.7. The Labute approximate surface area is 147 Å². The van der Waals surface area contributed by atoms with Crippen molar-refractivity contribution >= 4 is 22.7 Å². The third-order valence-electron chi connectivity index (χ3n) is 5.22. The first-order chi connectivity index (χ1) is 11.5. The van der Waals surface area contributed by atoms with Crippen molar-refractivity contribution in [2.24, 2.45) is 11.1 Å². The number of para-hydroxylation sites is 1. The van der Waals surface area contributed by atoms with Crippen LogP contribution in [0, 0.1) is 5.41 Å². The number of benzene rings is 2. The molecule has 0 saturated heterocycles. The average Bonchev–Trinajstić information content (AvgIpc) is 3.11. The molecule has 0 amide bonds. The zero-order valence-electron chi connectivity index (χ0n) is 14.1. The fourth-order valence-electron chi connectivity index (χ4n) is 3.22. The van der Waals surface area contributed by atoms with Gasteiger partial charge < -0.3 is 5.73 Å². The fraction of sp³-hybridized carbons (Fsp3) is 0.286. The lowest BCUT2D eigenvalue weighted by Gasteiger charge is -2.16. The zero-order chi connectivity index (χ0) is 16.8. The van der Waals surface area contributed by atoms with Gasteiger partial charge in [0.1, 0.15) is 5.03 Å². The third kappa shape index (κ3) is 2.72. The highest BCUT2D eigenvalue weighted by atomic mass is 32.2. The van der Waals surface area contributed by atoms with Gasteiger partial charge in [0, 0.05) is 22.2 Å². The van der Waals surface area contributed by atoms with Crippen LogP contribution in [0.4, 0.5) is 0 Å². The molecule has 3 aromatic rings. The summed E-state index contributed by atoms with van der Waals surface area (Å²) >= 11 is 1.79. The number of pyridine rings is 1. The molecule has 1 fully saturated rings. The SMILES string of the molecule is CC1(C)CC1(N)CSc1nc2ccccc2cc1-c1ccccc1. The summed E-state index contributed by atoms with van der Waals surface area (Å²) in [6.45, 7) is 4.50. The van der Waals surface area contributed by atoms with Crippen LogP contribution in [0.25, 0.3) is 22.0 Å². The number of hydrogen-bond donors (Lipinski definition) is 1. The molecule has 0 aliphatic heterocycles. The van der Waals surface area contributed by atoms with E-state index >= 15 is 0 Å². The van der Waals surface area contributed by atoms with Crippen LogP contribution < -0.4 is 5.73 Å². The molecular formula is C21H22N2S. The predicted octanol–water partition coefficient (Wildman–Crippen LogP) is 5.12. The third-order valence-corrected chi connectivity index (χ3v) is 6.46. The summed E-state index contributed by atoms with van der Waals surface area (Å²) in [5, 5.41) is 2.25. The van der Waals surface area contributed by atoms with Crippen molar-refractivity contribution in [1.29, 1.82) is 0 Å². The monoisotopic (exact) mass is 334 g/mol. The lowest BCUT2D eigenvalue weighted by molar-refractivity contribution is 0.530. The Morgan fingerprint density at radius 3 is 2.42 bits per heavy atom. The summed E-state index contributed by atoms with van der Waals surface area (Å²) in [7, 11) is 0. The second-order valence-electron chi connectivity index (χ2n) is 7.41. The number of rotatable bonds is 4. The Morgan fingerprint density at radius 1 is 1.04 bits per heavy atom. The Hall–Kier alpha value is -1.84. The van der Waals surface area contributed by atoms with Gasteiger partial charge in [-0.1, -0.05) is 62.4 Å².